The van der Waals surface area contributed by atoms with Gasteiger partial charge in [0.05, 0.1) is 12.7 Å². The van der Waals surface area contributed by atoms with Crippen molar-refractivity contribution in [2.75, 3.05) is 6.54 Å². The zero-order valence-corrected chi connectivity index (χ0v) is 14.0. The molecule has 0 aromatic carbocycles. The highest BCUT2D eigenvalue weighted by Gasteiger charge is 2.27. The van der Waals surface area contributed by atoms with Gasteiger partial charge in [-0.25, -0.2) is 4.98 Å². The Kier molecular flexibility index (Phi) is 3.53. The molecule has 0 fully saturated rings. The number of nitrogens with zero attached hydrogens (tertiary/aromatic N) is 3. The van der Waals surface area contributed by atoms with Crippen molar-refractivity contribution < 1.29 is 9.59 Å². The summed E-state index contributed by atoms with van der Waals surface area (Å²) < 4.78 is 1.72. The number of fused-ring (bicyclic) bond motifs is 2. The Hall–Kier alpha value is -2.41. The van der Waals surface area contributed by atoms with Gasteiger partial charge in [0.15, 0.2) is 5.78 Å². The molecule has 5 nitrogen and oxygen atoms in total. The molecule has 0 unspecified atom stereocenters. The predicted molar refractivity (Wildman–Crippen MR) is 93.3 cm³/mol. The van der Waals surface area contributed by atoms with E-state index in [1.165, 1.54) is 0 Å². The number of amides is 1. The van der Waals surface area contributed by atoms with Gasteiger partial charge >= 0.3 is 0 Å². The number of imidazole rings is 1. The second-order valence-corrected chi connectivity index (χ2v) is 6.88. The fourth-order valence-corrected chi connectivity index (χ4v) is 4.27. The molecular formula is C17H14BN3O2S. The second-order valence-electron chi connectivity index (χ2n) is 5.92. The first-order valence-corrected chi connectivity index (χ1v) is 8.54. The van der Waals surface area contributed by atoms with Crippen molar-refractivity contribution in [3.05, 3.63) is 51.6 Å². The zero-order valence-electron chi connectivity index (χ0n) is 13.2. The van der Waals surface area contributed by atoms with Crippen LogP contribution < -0.4 is 5.46 Å². The van der Waals surface area contributed by atoms with Crippen LogP contribution in [0, 0.1) is 0 Å². The Morgan fingerprint density at radius 1 is 1.33 bits per heavy atom. The van der Waals surface area contributed by atoms with Crippen LogP contribution in [0.4, 0.5) is 0 Å². The molecule has 7 heteroatoms. The molecule has 0 saturated carbocycles. The highest BCUT2D eigenvalue weighted by Crippen LogP contribution is 2.29. The molecule has 1 amide bonds. The maximum Gasteiger partial charge on any atom is 0.272 e. The molecule has 3 aromatic heterocycles. The number of rotatable bonds is 2. The maximum absolute atomic E-state index is 12.9. The topological polar surface area (TPSA) is 54.7 Å². The van der Waals surface area contributed by atoms with Gasteiger partial charge in [0.25, 0.3) is 5.91 Å². The maximum atomic E-state index is 12.9. The van der Waals surface area contributed by atoms with E-state index in [0.29, 0.717) is 36.3 Å². The normalized spacial score (nSPS) is 14.0. The largest absolute Gasteiger partial charge is 0.332 e. The number of hydrogen-bond donors (Lipinski definition) is 0. The van der Waals surface area contributed by atoms with Crippen LogP contribution in [-0.2, 0) is 13.0 Å². The minimum atomic E-state index is -0.0727. The SMILES string of the molecule is [B]c1ccc2ncc(C(=O)N3CCc4c(C(C)=O)csc4C3)n2c1. The Bertz CT molecular complexity index is 976. The Morgan fingerprint density at radius 2 is 2.17 bits per heavy atom. The van der Waals surface area contributed by atoms with E-state index < -0.39 is 0 Å². The van der Waals surface area contributed by atoms with Gasteiger partial charge in [-0.15, -0.1) is 11.3 Å². The average Bonchev–Trinajstić information content (AvgIpc) is 3.17. The van der Waals surface area contributed by atoms with E-state index >= 15 is 0 Å². The highest BCUT2D eigenvalue weighted by atomic mass is 32.1. The van der Waals surface area contributed by atoms with Crippen molar-refractivity contribution in [2.24, 2.45) is 0 Å². The minimum absolute atomic E-state index is 0.0727. The first kappa shape index (κ1) is 15.1. The summed E-state index contributed by atoms with van der Waals surface area (Å²) in [4.78, 5) is 31.7. The molecule has 4 heterocycles. The lowest BCUT2D eigenvalue weighted by molar-refractivity contribution is 0.0730. The Morgan fingerprint density at radius 3 is 2.96 bits per heavy atom. The molecule has 0 saturated heterocycles. The van der Waals surface area contributed by atoms with E-state index in [1.54, 1.807) is 52.1 Å². The standard InChI is InChI=1S/C17H14BN3O2S/c1-10(22)13-9-24-15-8-20(5-4-12(13)15)17(23)14-6-19-16-3-2-11(18)7-21(14)16/h2-3,6-7,9H,4-5,8H2,1H3. The van der Waals surface area contributed by atoms with Crippen molar-refractivity contribution in [1.82, 2.24) is 14.3 Å². The fraction of sp³-hybridized carbons (Fsp3) is 0.235. The van der Waals surface area contributed by atoms with Crippen LogP contribution in [0.15, 0.2) is 29.9 Å². The number of Topliss-reactive ketones (excluding diaryl/α,β-unsaturated/α-hetero) is 1. The molecule has 0 aliphatic carbocycles. The third-order valence-electron chi connectivity index (χ3n) is 4.36. The van der Waals surface area contributed by atoms with Gasteiger partial charge in [0.2, 0.25) is 0 Å². The minimum Gasteiger partial charge on any atom is -0.332 e. The molecule has 3 aromatic rings. The smallest absolute Gasteiger partial charge is 0.272 e. The molecule has 0 spiro atoms. The van der Waals surface area contributed by atoms with Gasteiger partial charge in [0.1, 0.15) is 19.2 Å². The predicted octanol–water partition coefficient (Wildman–Crippen LogP) is 1.59. The highest BCUT2D eigenvalue weighted by molar-refractivity contribution is 7.10. The lowest BCUT2D eigenvalue weighted by Crippen LogP contribution is -2.36. The fourth-order valence-electron chi connectivity index (χ4n) is 3.11. The number of thiophene rings is 1. The van der Waals surface area contributed by atoms with Gasteiger partial charge in [-0.3, -0.25) is 14.0 Å². The molecule has 1 aliphatic rings. The molecule has 2 radical (unpaired) electrons. The Balaban J connectivity index is 1.65. The van der Waals surface area contributed by atoms with Crippen LogP contribution in [0.5, 0.6) is 0 Å². The molecular weight excluding hydrogens is 321 g/mol. The number of hydrogen-bond acceptors (Lipinski definition) is 4. The monoisotopic (exact) mass is 335 g/mol. The third kappa shape index (κ3) is 2.36. The molecule has 24 heavy (non-hydrogen) atoms. The summed E-state index contributed by atoms with van der Waals surface area (Å²) in [6.45, 7) is 2.71. The van der Waals surface area contributed by atoms with Gasteiger partial charge in [-0.2, -0.15) is 0 Å². The lowest BCUT2D eigenvalue weighted by Gasteiger charge is -2.27. The van der Waals surface area contributed by atoms with Gasteiger partial charge in [0, 0.05) is 28.6 Å². The number of carbonyl (C=O) groups is 2. The van der Waals surface area contributed by atoms with Crippen LogP contribution in [-0.4, -0.2) is 40.4 Å². The van der Waals surface area contributed by atoms with Crippen molar-refractivity contribution >= 4 is 42.0 Å². The van der Waals surface area contributed by atoms with Crippen molar-refractivity contribution in [3.8, 4) is 0 Å². The number of ketones is 1. The second kappa shape index (κ2) is 5.59. The first-order chi connectivity index (χ1) is 11.5. The summed E-state index contributed by atoms with van der Waals surface area (Å²) in [5.74, 6) is 0.0149. The van der Waals surface area contributed by atoms with E-state index in [2.05, 4.69) is 4.98 Å². The average molecular weight is 335 g/mol. The third-order valence-corrected chi connectivity index (χ3v) is 5.37. The van der Waals surface area contributed by atoms with Crippen LogP contribution in [0.2, 0.25) is 0 Å². The molecule has 1 aliphatic heterocycles. The first-order valence-electron chi connectivity index (χ1n) is 7.66. The molecule has 118 valence electrons. The molecule has 0 atom stereocenters. The zero-order chi connectivity index (χ0) is 16.8. The van der Waals surface area contributed by atoms with E-state index in [1.807, 2.05) is 5.38 Å². The van der Waals surface area contributed by atoms with Crippen LogP contribution in [0.1, 0.15) is 38.2 Å². The van der Waals surface area contributed by atoms with E-state index in [0.717, 1.165) is 16.0 Å². The van der Waals surface area contributed by atoms with Gasteiger partial charge in [-0.1, -0.05) is 11.5 Å². The molecule has 4 rings (SSSR count). The number of pyridine rings is 1. The van der Waals surface area contributed by atoms with E-state index in [-0.39, 0.29) is 11.7 Å². The van der Waals surface area contributed by atoms with E-state index in [9.17, 15) is 9.59 Å². The van der Waals surface area contributed by atoms with Crippen LogP contribution in [0.3, 0.4) is 0 Å². The number of carbonyl (C=O) groups excluding carboxylic acids is 2. The van der Waals surface area contributed by atoms with E-state index in [4.69, 9.17) is 7.85 Å². The van der Waals surface area contributed by atoms with Crippen molar-refractivity contribution in [3.63, 3.8) is 0 Å². The summed E-state index contributed by atoms with van der Waals surface area (Å²) in [6.07, 6.45) is 4.00. The van der Waals surface area contributed by atoms with Crippen LogP contribution >= 0.6 is 11.3 Å². The summed E-state index contributed by atoms with van der Waals surface area (Å²) >= 11 is 1.55. The summed E-state index contributed by atoms with van der Waals surface area (Å²) in [5.41, 5.74) is 3.67. The molecule has 0 bridgehead atoms. The molecule has 0 N–H and O–H groups in total. The van der Waals surface area contributed by atoms with Crippen molar-refractivity contribution in [1.29, 1.82) is 0 Å². The van der Waals surface area contributed by atoms with Gasteiger partial charge < -0.3 is 4.90 Å². The summed E-state index contributed by atoms with van der Waals surface area (Å²) in [5, 5.41) is 1.90. The van der Waals surface area contributed by atoms with Crippen LogP contribution in [0.25, 0.3) is 5.65 Å². The van der Waals surface area contributed by atoms with Gasteiger partial charge in [-0.05, 0) is 25.0 Å². The lowest BCUT2D eigenvalue weighted by atomic mass is 9.99. The summed E-state index contributed by atoms with van der Waals surface area (Å²) in [6, 6.07) is 3.55. The van der Waals surface area contributed by atoms with Crippen molar-refractivity contribution in [2.45, 2.75) is 19.9 Å². The summed E-state index contributed by atoms with van der Waals surface area (Å²) in [7, 11) is 5.82. The quantitative estimate of drug-likeness (QED) is 0.528. The Labute approximate surface area is 144 Å². The number of aromatic nitrogens is 2.